The maximum absolute atomic E-state index is 13.2. The van der Waals surface area contributed by atoms with Crippen LogP contribution in [0.25, 0.3) is 0 Å². The van der Waals surface area contributed by atoms with E-state index in [1.54, 1.807) is 12.1 Å². The van der Waals surface area contributed by atoms with Crippen molar-refractivity contribution in [2.45, 2.75) is 6.92 Å². The summed E-state index contributed by atoms with van der Waals surface area (Å²) in [6.07, 6.45) is 1.53. The van der Waals surface area contributed by atoms with Crippen LogP contribution in [0.3, 0.4) is 0 Å². The van der Waals surface area contributed by atoms with Gasteiger partial charge in [0.2, 0.25) is 0 Å². The molecule has 0 spiro atoms. The summed E-state index contributed by atoms with van der Waals surface area (Å²) < 4.78 is 13.2. The van der Waals surface area contributed by atoms with Crippen LogP contribution in [0.15, 0.2) is 36.5 Å². The third kappa shape index (κ3) is 2.79. The van der Waals surface area contributed by atoms with Gasteiger partial charge in [0.05, 0.1) is 11.6 Å². The summed E-state index contributed by atoms with van der Waals surface area (Å²) in [5.41, 5.74) is 1.95. The van der Waals surface area contributed by atoms with Crippen molar-refractivity contribution >= 4 is 11.5 Å². The topological polar surface area (TPSA) is 48.7 Å². The maximum Gasteiger partial charge on any atom is 0.131 e. The zero-order chi connectivity index (χ0) is 12.3. The first-order valence-corrected chi connectivity index (χ1v) is 5.08. The Morgan fingerprint density at radius 3 is 2.82 bits per heavy atom. The van der Waals surface area contributed by atoms with Crippen molar-refractivity contribution in [3.05, 3.63) is 53.5 Å². The van der Waals surface area contributed by atoms with Gasteiger partial charge in [0.25, 0.3) is 0 Å². The number of halogens is 1. The van der Waals surface area contributed by atoms with Crippen LogP contribution in [0.2, 0.25) is 0 Å². The smallest absolute Gasteiger partial charge is 0.131 e. The highest BCUT2D eigenvalue weighted by Crippen LogP contribution is 2.18. The number of nitriles is 1. The average Bonchev–Trinajstić information content (AvgIpc) is 2.28. The van der Waals surface area contributed by atoms with Crippen molar-refractivity contribution in [1.82, 2.24) is 4.98 Å². The molecule has 3 nitrogen and oxygen atoms in total. The zero-order valence-electron chi connectivity index (χ0n) is 9.24. The van der Waals surface area contributed by atoms with Crippen molar-refractivity contribution in [3.63, 3.8) is 0 Å². The lowest BCUT2D eigenvalue weighted by Crippen LogP contribution is -1.95. The molecule has 1 N–H and O–H groups in total. The monoisotopic (exact) mass is 227 g/mol. The highest BCUT2D eigenvalue weighted by molar-refractivity contribution is 5.58. The Bertz CT molecular complexity index is 567. The van der Waals surface area contributed by atoms with Crippen molar-refractivity contribution < 1.29 is 4.39 Å². The van der Waals surface area contributed by atoms with E-state index < -0.39 is 0 Å². The molecule has 0 bridgehead atoms. The van der Waals surface area contributed by atoms with Gasteiger partial charge in [-0.1, -0.05) is 0 Å². The molecule has 0 saturated carbocycles. The highest BCUT2D eigenvalue weighted by Gasteiger charge is 2.00. The van der Waals surface area contributed by atoms with Crippen molar-refractivity contribution in [1.29, 1.82) is 5.26 Å². The number of benzene rings is 1. The fraction of sp³-hybridized carbons (Fsp3) is 0.0769. The van der Waals surface area contributed by atoms with Crippen molar-refractivity contribution in [3.8, 4) is 6.07 Å². The number of nitrogens with one attached hydrogen (secondary N) is 1. The Morgan fingerprint density at radius 1 is 1.29 bits per heavy atom. The molecule has 0 amide bonds. The summed E-state index contributed by atoms with van der Waals surface area (Å²) in [7, 11) is 0. The Labute approximate surface area is 98.5 Å². The molecular weight excluding hydrogens is 217 g/mol. The van der Waals surface area contributed by atoms with E-state index in [2.05, 4.69) is 10.3 Å². The van der Waals surface area contributed by atoms with Gasteiger partial charge in [-0.25, -0.2) is 9.37 Å². The van der Waals surface area contributed by atoms with E-state index in [-0.39, 0.29) is 5.82 Å². The van der Waals surface area contributed by atoms with Gasteiger partial charge in [-0.2, -0.15) is 5.26 Å². The number of hydrogen-bond acceptors (Lipinski definition) is 3. The van der Waals surface area contributed by atoms with Crippen LogP contribution in [0.4, 0.5) is 15.9 Å². The normalized spacial score (nSPS) is 9.71. The fourth-order valence-electron chi connectivity index (χ4n) is 1.52. The Morgan fingerprint density at radius 2 is 2.12 bits per heavy atom. The quantitative estimate of drug-likeness (QED) is 0.857. The van der Waals surface area contributed by atoms with Gasteiger partial charge in [-0.3, -0.25) is 0 Å². The molecule has 84 valence electrons. The van der Waals surface area contributed by atoms with E-state index in [1.165, 1.54) is 18.3 Å². The van der Waals surface area contributed by atoms with Crippen LogP contribution in [-0.4, -0.2) is 4.98 Å². The molecule has 1 aromatic heterocycles. The Kier molecular flexibility index (Phi) is 3.01. The second-order valence-corrected chi connectivity index (χ2v) is 3.68. The number of nitrogens with zero attached hydrogens (tertiary/aromatic N) is 2. The summed E-state index contributed by atoms with van der Waals surface area (Å²) >= 11 is 0. The molecule has 2 rings (SSSR count). The van der Waals surface area contributed by atoms with Gasteiger partial charge in [0.1, 0.15) is 11.6 Å². The van der Waals surface area contributed by atoms with E-state index in [0.29, 0.717) is 17.1 Å². The Hall–Kier alpha value is -2.41. The molecule has 4 heteroatoms. The lowest BCUT2D eigenvalue weighted by Gasteiger charge is -2.06. The summed E-state index contributed by atoms with van der Waals surface area (Å²) in [6.45, 7) is 1.81. The second-order valence-electron chi connectivity index (χ2n) is 3.68. The van der Waals surface area contributed by atoms with Crippen LogP contribution in [0, 0.1) is 24.1 Å². The summed E-state index contributed by atoms with van der Waals surface area (Å²) in [5.74, 6) is 0.220. The third-order valence-electron chi connectivity index (χ3n) is 2.20. The van der Waals surface area contributed by atoms with Gasteiger partial charge < -0.3 is 5.32 Å². The van der Waals surface area contributed by atoms with Crippen LogP contribution in [0.5, 0.6) is 0 Å². The molecule has 0 aliphatic rings. The number of anilines is 2. The molecule has 1 heterocycles. The molecule has 17 heavy (non-hydrogen) atoms. The minimum Gasteiger partial charge on any atom is -0.340 e. The average molecular weight is 227 g/mol. The van der Waals surface area contributed by atoms with E-state index in [9.17, 15) is 4.39 Å². The minimum atomic E-state index is -0.302. The molecule has 0 atom stereocenters. The van der Waals surface area contributed by atoms with Gasteiger partial charge in [-0.05, 0) is 42.8 Å². The Balaban J connectivity index is 2.28. The molecule has 0 aliphatic carbocycles. The summed E-state index contributed by atoms with van der Waals surface area (Å²) in [4.78, 5) is 4.06. The predicted octanol–water partition coefficient (Wildman–Crippen LogP) is 3.14. The fourth-order valence-corrected chi connectivity index (χ4v) is 1.52. The van der Waals surface area contributed by atoms with E-state index in [4.69, 9.17) is 5.26 Å². The molecule has 2 aromatic rings. The first-order chi connectivity index (χ1) is 8.17. The highest BCUT2D eigenvalue weighted by atomic mass is 19.1. The lowest BCUT2D eigenvalue weighted by atomic mass is 10.2. The van der Waals surface area contributed by atoms with Gasteiger partial charge in [0.15, 0.2) is 0 Å². The van der Waals surface area contributed by atoms with Gasteiger partial charge in [0, 0.05) is 11.9 Å². The van der Waals surface area contributed by atoms with Crippen LogP contribution >= 0.6 is 0 Å². The number of pyridine rings is 1. The summed E-state index contributed by atoms with van der Waals surface area (Å²) in [6, 6.07) is 9.89. The number of aryl methyl sites for hydroxylation is 1. The van der Waals surface area contributed by atoms with Gasteiger partial charge in [-0.15, -0.1) is 0 Å². The maximum atomic E-state index is 13.2. The molecule has 0 fully saturated rings. The predicted molar refractivity (Wildman–Crippen MR) is 63.4 cm³/mol. The molecular formula is C13H10FN3. The number of hydrogen-bond donors (Lipinski definition) is 1. The molecule has 1 aromatic carbocycles. The first kappa shape index (κ1) is 11.1. The van der Waals surface area contributed by atoms with E-state index >= 15 is 0 Å². The van der Waals surface area contributed by atoms with Crippen LogP contribution < -0.4 is 5.32 Å². The third-order valence-corrected chi connectivity index (χ3v) is 2.20. The van der Waals surface area contributed by atoms with Crippen LogP contribution in [0.1, 0.15) is 11.1 Å². The van der Waals surface area contributed by atoms with E-state index in [1.807, 2.05) is 19.1 Å². The first-order valence-electron chi connectivity index (χ1n) is 5.08. The van der Waals surface area contributed by atoms with Gasteiger partial charge >= 0.3 is 0 Å². The van der Waals surface area contributed by atoms with Crippen LogP contribution in [-0.2, 0) is 0 Å². The summed E-state index contributed by atoms with van der Waals surface area (Å²) in [5, 5.41) is 11.7. The molecule has 0 aliphatic heterocycles. The molecule has 0 radical (unpaired) electrons. The standard InChI is InChI=1S/C13H10FN3/c1-9-4-11(14)7-12(5-9)17-13-6-10(8-15)2-3-16-13/h2-7H,1H3,(H,16,17). The number of aromatic nitrogens is 1. The lowest BCUT2D eigenvalue weighted by molar-refractivity contribution is 0.627. The molecule has 0 saturated heterocycles. The molecule has 0 unspecified atom stereocenters. The SMILES string of the molecule is Cc1cc(F)cc(Nc2cc(C#N)ccn2)c1. The largest absolute Gasteiger partial charge is 0.340 e. The minimum absolute atomic E-state index is 0.302. The number of rotatable bonds is 2. The van der Waals surface area contributed by atoms with E-state index in [0.717, 1.165) is 5.56 Å². The second kappa shape index (κ2) is 4.62. The van der Waals surface area contributed by atoms with Crippen molar-refractivity contribution in [2.75, 3.05) is 5.32 Å². The van der Waals surface area contributed by atoms with Crippen molar-refractivity contribution in [2.24, 2.45) is 0 Å². The zero-order valence-corrected chi connectivity index (χ0v) is 9.24.